The highest BCUT2D eigenvalue weighted by Crippen LogP contribution is 2.28. The second-order valence-electron chi connectivity index (χ2n) is 7.05. The molecule has 1 unspecified atom stereocenters. The van der Waals surface area contributed by atoms with Gasteiger partial charge in [-0.05, 0) is 55.5 Å². The summed E-state index contributed by atoms with van der Waals surface area (Å²) in [6.07, 6.45) is 2.64. The maximum atomic E-state index is 12.8. The third-order valence-corrected chi connectivity index (χ3v) is 7.49. The third kappa shape index (κ3) is 4.40. The van der Waals surface area contributed by atoms with Crippen molar-refractivity contribution < 1.29 is 13.2 Å². The Morgan fingerprint density at radius 2 is 1.79 bits per heavy atom. The van der Waals surface area contributed by atoms with Gasteiger partial charge in [-0.1, -0.05) is 42.8 Å². The number of nitrogens with zero attached hydrogens (tertiary/aromatic N) is 1. The highest BCUT2D eigenvalue weighted by atomic mass is 35.5. The summed E-state index contributed by atoms with van der Waals surface area (Å²) in [6.45, 7) is 4.96. The molecule has 0 aromatic heterocycles. The Balaban J connectivity index is 1.80. The molecule has 1 heterocycles. The average molecular weight is 421 g/mol. The van der Waals surface area contributed by atoms with Crippen LogP contribution in [0.3, 0.4) is 0 Å². The molecule has 1 fully saturated rings. The molecule has 2 aromatic rings. The van der Waals surface area contributed by atoms with Crippen molar-refractivity contribution in [1.82, 2.24) is 9.62 Å². The van der Waals surface area contributed by atoms with Crippen LogP contribution in [0.1, 0.15) is 54.2 Å². The van der Waals surface area contributed by atoms with Gasteiger partial charge in [0.05, 0.1) is 11.1 Å². The maximum absolute atomic E-state index is 12.8. The monoisotopic (exact) mass is 420 g/mol. The van der Waals surface area contributed by atoms with Crippen LogP contribution in [0, 0.1) is 0 Å². The second kappa shape index (κ2) is 8.64. The van der Waals surface area contributed by atoms with Crippen molar-refractivity contribution >= 4 is 27.5 Å². The van der Waals surface area contributed by atoms with Crippen molar-refractivity contribution in [2.24, 2.45) is 0 Å². The van der Waals surface area contributed by atoms with Crippen LogP contribution in [0.2, 0.25) is 5.02 Å². The Hall–Kier alpha value is -1.89. The van der Waals surface area contributed by atoms with Crippen molar-refractivity contribution in [3.05, 3.63) is 64.2 Å². The lowest BCUT2D eigenvalue weighted by molar-refractivity contribution is 0.0939. The van der Waals surface area contributed by atoms with Gasteiger partial charge in [-0.25, -0.2) is 8.42 Å². The standard InChI is InChI=1S/C21H25ClN2O3S/c1-3-16-6-8-17(9-7-16)15(2)23-21(25)18-10-11-19(22)20(14-18)28(26,27)24-12-4-5-13-24/h6-11,14-15H,3-5,12-13H2,1-2H3,(H,23,25). The number of hydrogen-bond acceptors (Lipinski definition) is 3. The molecule has 1 atom stereocenters. The smallest absolute Gasteiger partial charge is 0.251 e. The minimum atomic E-state index is -3.69. The first-order valence-electron chi connectivity index (χ1n) is 9.52. The molecule has 2 aromatic carbocycles. The number of sulfonamides is 1. The van der Waals surface area contributed by atoms with E-state index in [2.05, 4.69) is 12.2 Å². The van der Waals surface area contributed by atoms with Gasteiger partial charge in [-0.15, -0.1) is 0 Å². The lowest BCUT2D eigenvalue weighted by Gasteiger charge is -2.18. The zero-order valence-electron chi connectivity index (χ0n) is 16.1. The average Bonchev–Trinajstić information content (AvgIpc) is 3.24. The number of hydrogen-bond donors (Lipinski definition) is 1. The molecule has 7 heteroatoms. The van der Waals surface area contributed by atoms with Crippen molar-refractivity contribution in [2.45, 2.75) is 44.0 Å². The SMILES string of the molecule is CCc1ccc(C(C)NC(=O)c2ccc(Cl)c(S(=O)(=O)N3CCCC3)c2)cc1. The van der Waals surface area contributed by atoms with Gasteiger partial charge in [-0.3, -0.25) is 4.79 Å². The quantitative estimate of drug-likeness (QED) is 0.762. The van der Waals surface area contributed by atoms with Crippen LogP contribution < -0.4 is 5.32 Å². The molecule has 5 nitrogen and oxygen atoms in total. The van der Waals surface area contributed by atoms with E-state index < -0.39 is 10.0 Å². The Bertz CT molecular complexity index is 952. The summed E-state index contributed by atoms with van der Waals surface area (Å²) in [4.78, 5) is 12.7. The molecule has 3 rings (SSSR count). The molecule has 150 valence electrons. The molecule has 0 saturated carbocycles. The minimum Gasteiger partial charge on any atom is -0.346 e. The third-order valence-electron chi connectivity index (χ3n) is 5.11. The van der Waals surface area contributed by atoms with Crippen molar-refractivity contribution in [3.8, 4) is 0 Å². The van der Waals surface area contributed by atoms with Gasteiger partial charge in [0.25, 0.3) is 5.91 Å². The Kier molecular flexibility index (Phi) is 6.43. The zero-order valence-corrected chi connectivity index (χ0v) is 17.7. The topological polar surface area (TPSA) is 66.5 Å². The van der Waals surface area contributed by atoms with E-state index in [-0.39, 0.29) is 27.4 Å². The molecule has 1 N–H and O–H groups in total. The Morgan fingerprint density at radius 3 is 2.39 bits per heavy atom. The van der Waals surface area contributed by atoms with E-state index in [1.54, 1.807) is 6.07 Å². The summed E-state index contributed by atoms with van der Waals surface area (Å²) in [5, 5.41) is 3.06. The number of nitrogens with one attached hydrogen (secondary N) is 1. The van der Waals surface area contributed by atoms with Gasteiger partial charge in [0.1, 0.15) is 4.90 Å². The predicted octanol–water partition coefficient (Wildman–Crippen LogP) is 4.18. The van der Waals surface area contributed by atoms with Crippen LogP contribution in [0.25, 0.3) is 0 Å². The molecule has 0 bridgehead atoms. The molecular weight excluding hydrogens is 396 g/mol. The highest BCUT2D eigenvalue weighted by Gasteiger charge is 2.29. The number of carbonyl (C=O) groups excluding carboxylic acids is 1. The number of halogens is 1. The Labute approximate surface area is 171 Å². The summed E-state index contributed by atoms with van der Waals surface area (Å²) in [5.41, 5.74) is 2.50. The zero-order chi connectivity index (χ0) is 20.3. The van der Waals surface area contributed by atoms with Crippen LogP contribution in [0.4, 0.5) is 0 Å². The molecule has 1 saturated heterocycles. The van der Waals surface area contributed by atoms with Crippen LogP contribution in [0.15, 0.2) is 47.4 Å². The summed E-state index contributed by atoms with van der Waals surface area (Å²) < 4.78 is 27.1. The number of rotatable bonds is 6. The second-order valence-corrected chi connectivity index (χ2v) is 9.36. The fourth-order valence-electron chi connectivity index (χ4n) is 3.32. The van der Waals surface area contributed by atoms with Gasteiger partial charge in [0.2, 0.25) is 10.0 Å². The highest BCUT2D eigenvalue weighted by molar-refractivity contribution is 7.89. The summed E-state index contributed by atoms with van der Waals surface area (Å²) in [7, 11) is -3.69. The Morgan fingerprint density at radius 1 is 1.14 bits per heavy atom. The molecule has 0 radical (unpaired) electrons. The summed E-state index contributed by atoms with van der Waals surface area (Å²) in [5.74, 6) is -0.332. The van der Waals surface area contributed by atoms with E-state index >= 15 is 0 Å². The minimum absolute atomic E-state index is 0.0105. The van der Waals surface area contributed by atoms with Crippen LogP contribution in [-0.2, 0) is 16.4 Å². The number of amides is 1. The van der Waals surface area contributed by atoms with Crippen molar-refractivity contribution in [1.29, 1.82) is 0 Å². The van der Waals surface area contributed by atoms with E-state index in [1.807, 2.05) is 31.2 Å². The van der Waals surface area contributed by atoms with E-state index in [1.165, 1.54) is 22.0 Å². The lowest BCUT2D eigenvalue weighted by atomic mass is 10.0. The molecule has 28 heavy (non-hydrogen) atoms. The van der Waals surface area contributed by atoms with Gasteiger partial charge in [0.15, 0.2) is 0 Å². The van der Waals surface area contributed by atoms with E-state index in [4.69, 9.17) is 11.6 Å². The van der Waals surface area contributed by atoms with Gasteiger partial charge < -0.3 is 5.32 Å². The number of aryl methyl sites for hydroxylation is 1. The fourth-order valence-corrected chi connectivity index (χ4v) is 5.33. The van der Waals surface area contributed by atoms with E-state index in [0.29, 0.717) is 13.1 Å². The van der Waals surface area contributed by atoms with Crippen LogP contribution >= 0.6 is 11.6 Å². The molecule has 1 aliphatic rings. The van der Waals surface area contributed by atoms with Crippen LogP contribution in [-0.4, -0.2) is 31.7 Å². The summed E-state index contributed by atoms with van der Waals surface area (Å²) >= 11 is 6.16. The maximum Gasteiger partial charge on any atom is 0.251 e. The fraction of sp³-hybridized carbons (Fsp3) is 0.381. The first-order chi connectivity index (χ1) is 13.3. The van der Waals surface area contributed by atoms with Gasteiger partial charge in [0, 0.05) is 18.7 Å². The molecular formula is C21H25ClN2O3S. The summed E-state index contributed by atoms with van der Waals surface area (Å²) in [6, 6.07) is 12.3. The first kappa shape index (κ1) is 20.8. The van der Waals surface area contributed by atoms with Gasteiger partial charge in [-0.2, -0.15) is 4.31 Å². The van der Waals surface area contributed by atoms with E-state index in [9.17, 15) is 13.2 Å². The number of benzene rings is 2. The van der Waals surface area contributed by atoms with Gasteiger partial charge >= 0.3 is 0 Å². The molecule has 1 aliphatic heterocycles. The lowest BCUT2D eigenvalue weighted by Crippen LogP contribution is -2.29. The van der Waals surface area contributed by atoms with E-state index in [0.717, 1.165) is 24.8 Å². The van der Waals surface area contributed by atoms with Crippen molar-refractivity contribution in [2.75, 3.05) is 13.1 Å². The van der Waals surface area contributed by atoms with Crippen LogP contribution in [0.5, 0.6) is 0 Å². The molecule has 1 amide bonds. The predicted molar refractivity (Wildman–Crippen MR) is 111 cm³/mol. The number of carbonyl (C=O) groups is 1. The first-order valence-corrected chi connectivity index (χ1v) is 11.3. The normalized spacial score (nSPS) is 16.1. The largest absolute Gasteiger partial charge is 0.346 e. The molecule has 0 aliphatic carbocycles. The van der Waals surface area contributed by atoms with Crippen molar-refractivity contribution in [3.63, 3.8) is 0 Å². The molecule has 0 spiro atoms.